The number of aromatic hydroxyl groups is 1. The van der Waals surface area contributed by atoms with Gasteiger partial charge in [-0.3, -0.25) is 9.80 Å². The zero-order chi connectivity index (χ0) is 16.8. The number of aliphatic hydroxyl groups is 1. The van der Waals surface area contributed by atoms with Crippen LogP contribution in [0.4, 0.5) is 0 Å². The van der Waals surface area contributed by atoms with Crippen molar-refractivity contribution in [1.29, 1.82) is 0 Å². The van der Waals surface area contributed by atoms with Crippen molar-refractivity contribution in [3.05, 3.63) is 65.7 Å². The van der Waals surface area contributed by atoms with Crippen LogP contribution in [0.5, 0.6) is 5.75 Å². The Bertz CT molecular complexity index is 633. The second kappa shape index (κ2) is 8.29. The number of hydrogen-bond acceptors (Lipinski definition) is 4. The molecule has 1 heterocycles. The predicted octanol–water partition coefficient (Wildman–Crippen LogP) is 2.46. The first kappa shape index (κ1) is 17.0. The number of piperazine rings is 1. The Balaban J connectivity index is 1.63. The molecule has 2 N–H and O–H groups in total. The molecule has 0 aromatic heterocycles. The molecule has 1 unspecified atom stereocenters. The van der Waals surface area contributed by atoms with E-state index in [4.69, 9.17) is 0 Å². The Morgan fingerprint density at radius 2 is 1.67 bits per heavy atom. The summed E-state index contributed by atoms with van der Waals surface area (Å²) in [6, 6.07) is 18.4. The highest BCUT2D eigenvalue weighted by molar-refractivity contribution is 5.31. The van der Waals surface area contributed by atoms with Crippen LogP contribution in [0.1, 0.15) is 17.5 Å². The molecule has 0 spiro atoms. The van der Waals surface area contributed by atoms with Gasteiger partial charge in [0.1, 0.15) is 5.75 Å². The maximum absolute atomic E-state index is 9.98. The lowest BCUT2D eigenvalue weighted by atomic mass is 10.1. The van der Waals surface area contributed by atoms with E-state index in [1.54, 1.807) is 6.07 Å². The van der Waals surface area contributed by atoms with Crippen molar-refractivity contribution in [3.63, 3.8) is 0 Å². The Labute approximate surface area is 144 Å². The summed E-state index contributed by atoms with van der Waals surface area (Å²) in [5.74, 6) is 0.364. The molecule has 0 radical (unpaired) electrons. The second-order valence-corrected chi connectivity index (χ2v) is 6.49. The summed E-state index contributed by atoms with van der Waals surface area (Å²) in [5, 5.41) is 19.4. The van der Waals surface area contributed by atoms with Crippen LogP contribution in [0.15, 0.2) is 54.6 Å². The van der Waals surface area contributed by atoms with E-state index in [9.17, 15) is 10.2 Å². The Morgan fingerprint density at radius 1 is 0.917 bits per heavy atom. The smallest absolute Gasteiger partial charge is 0.120 e. The molecule has 4 heteroatoms. The van der Waals surface area contributed by atoms with Gasteiger partial charge >= 0.3 is 0 Å². The topological polar surface area (TPSA) is 46.9 Å². The Hall–Kier alpha value is -1.88. The zero-order valence-corrected chi connectivity index (χ0v) is 14.0. The van der Waals surface area contributed by atoms with Gasteiger partial charge in [-0.25, -0.2) is 0 Å². The Morgan fingerprint density at radius 3 is 2.42 bits per heavy atom. The fourth-order valence-corrected chi connectivity index (χ4v) is 3.44. The molecular weight excluding hydrogens is 300 g/mol. The molecule has 0 aliphatic carbocycles. The number of rotatable bonds is 6. The minimum atomic E-state index is 0.209. The summed E-state index contributed by atoms with van der Waals surface area (Å²) in [6.45, 7) is 4.77. The minimum absolute atomic E-state index is 0.209. The summed E-state index contributed by atoms with van der Waals surface area (Å²) >= 11 is 0. The predicted molar refractivity (Wildman–Crippen MR) is 95.7 cm³/mol. The van der Waals surface area contributed by atoms with Crippen molar-refractivity contribution in [2.75, 3.05) is 26.2 Å². The normalized spacial score (nSPS) is 19.5. The van der Waals surface area contributed by atoms with Crippen LogP contribution in [0.2, 0.25) is 0 Å². The fraction of sp³-hybridized carbons (Fsp3) is 0.400. The number of para-hydroxylation sites is 1. The largest absolute Gasteiger partial charge is 0.508 e. The molecule has 0 bridgehead atoms. The van der Waals surface area contributed by atoms with Gasteiger partial charge in [0.05, 0.1) is 0 Å². The summed E-state index contributed by atoms with van der Waals surface area (Å²) < 4.78 is 0. The van der Waals surface area contributed by atoms with Crippen LogP contribution in [0, 0.1) is 0 Å². The van der Waals surface area contributed by atoms with E-state index in [0.717, 1.165) is 44.7 Å². The summed E-state index contributed by atoms with van der Waals surface area (Å²) in [7, 11) is 0. The van der Waals surface area contributed by atoms with E-state index in [-0.39, 0.29) is 6.61 Å². The molecular formula is C20H26N2O2. The van der Waals surface area contributed by atoms with Crippen molar-refractivity contribution in [1.82, 2.24) is 9.80 Å². The van der Waals surface area contributed by atoms with E-state index in [1.165, 1.54) is 5.56 Å². The summed E-state index contributed by atoms with van der Waals surface area (Å²) in [6.07, 6.45) is 0.782. The van der Waals surface area contributed by atoms with Gasteiger partial charge in [-0.05, 0) is 18.1 Å². The molecule has 1 aliphatic rings. The number of aliphatic hydroxyl groups excluding tert-OH is 1. The molecule has 1 aliphatic heterocycles. The third-order valence-corrected chi connectivity index (χ3v) is 4.77. The molecule has 1 fully saturated rings. The van der Waals surface area contributed by atoms with E-state index in [2.05, 4.69) is 34.1 Å². The van der Waals surface area contributed by atoms with Crippen molar-refractivity contribution >= 4 is 0 Å². The first-order chi connectivity index (χ1) is 11.8. The van der Waals surface area contributed by atoms with Crippen LogP contribution < -0.4 is 0 Å². The molecule has 0 amide bonds. The first-order valence-corrected chi connectivity index (χ1v) is 8.64. The van der Waals surface area contributed by atoms with Crippen LogP contribution in [0.25, 0.3) is 0 Å². The van der Waals surface area contributed by atoms with Gasteiger partial charge in [0.25, 0.3) is 0 Å². The maximum Gasteiger partial charge on any atom is 0.120 e. The molecule has 0 saturated carbocycles. The average Bonchev–Trinajstić information content (AvgIpc) is 2.60. The minimum Gasteiger partial charge on any atom is -0.508 e. The van der Waals surface area contributed by atoms with Crippen LogP contribution >= 0.6 is 0 Å². The van der Waals surface area contributed by atoms with E-state index in [1.807, 2.05) is 24.3 Å². The third-order valence-electron chi connectivity index (χ3n) is 4.77. The quantitative estimate of drug-likeness (QED) is 0.856. The lowest BCUT2D eigenvalue weighted by molar-refractivity contribution is 0.0496. The lowest BCUT2D eigenvalue weighted by Gasteiger charge is -2.41. The van der Waals surface area contributed by atoms with E-state index < -0.39 is 0 Å². The lowest BCUT2D eigenvalue weighted by Crippen LogP contribution is -2.52. The van der Waals surface area contributed by atoms with Crippen LogP contribution in [-0.2, 0) is 13.1 Å². The molecule has 24 heavy (non-hydrogen) atoms. The van der Waals surface area contributed by atoms with Gasteiger partial charge in [0.15, 0.2) is 0 Å². The maximum atomic E-state index is 9.98. The second-order valence-electron chi connectivity index (χ2n) is 6.49. The van der Waals surface area contributed by atoms with Crippen LogP contribution in [-0.4, -0.2) is 52.3 Å². The van der Waals surface area contributed by atoms with Crippen molar-refractivity contribution in [2.24, 2.45) is 0 Å². The van der Waals surface area contributed by atoms with Gasteiger partial charge in [0.2, 0.25) is 0 Å². The molecule has 2 aromatic carbocycles. The van der Waals surface area contributed by atoms with Crippen molar-refractivity contribution in [2.45, 2.75) is 25.6 Å². The molecule has 128 valence electrons. The van der Waals surface area contributed by atoms with Crippen molar-refractivity contribution in [3.8, 4) is 5.75 Å². The SMILES string of the molecule is OCCC1CN(Cc2ccccc2O)CCN1Cc1ccccc1. The number of phenols is 1. The number of phenolic OH excluding ortho intramolecular Hbond substituents is 1. The monoisotopic (exact) mass is 326 g/mol. The van der Waals surface area contributed by atoms with Gasteiger partial charge in [0, 0.05) is 50.9 Å². The standard InChI is InChI=1S/C20H26N2O2/c23-13-10-19-16-21(15-18-8-4-5-9-20(18)24)11-12-22(19)14-17-6-2-1-3-7-17/h1-9,19,23-24H,10-16H2. The van der Waals surface area contributed by atoms with Gasteiger partial charge in [-0.1, -0.05) is 48.5 Å². The molecule has 1 atom stereocenters. The molecule has 2 aromatic rings. The molecule has 3 rings (SSSR count). The van der Waals surface area contributed by atoms with Crippen LogP contribution in [0.3, 0.4) is 0 Å². The number of benzene rings is 2. The fourth-order valence-electron chi connectivity index (χ4n) is 3.44. The summed E-state index contributed by atoms with van der Waals surface area (Å²) in [4.78, 5) is 4.84. The highest BCUT2D eigenvalue weighted by atomic mass is 16.3. The highest BCUT2D eigenvalue weighted by Gasteiger charge is 2.26. The van der Waals surface area contributed by atoms with Crippen molar-refractivity contribution < 1.29 is 10.2 Å². The molecule has 1 saturated heterocycles. The van der Waals surface area contributed by atoms with Gasteiger partial charge < -0.3 is 10.2 Å². The van der Waals surface area contributed by atoms with E-state index >= 15 is 0 Å². The number of nitrogens with zero attached hydrogens (tertiary/aromatic N) is 2. The molecule has 4 nitrogen and oxygen atoms in total. The third kappa shape index (κ3) is 4.35. The van der Waals surface area contributed by atoms with Gasteiger partial charge in [-0.2, -0.15) is 0 Å². The number of hydrogen-bond donors (Lipinski definition) is 2. The van der Waals surface area contributed by atoms with Gasteiger partial charge in [-0.15, -0.1) is 0 Å². The first-order valence-electron chi connectivity index (χ1n) is 8.64. The average molecular weight is 326 g/mol. The zero-order valence-electron chi connectivity index (χ0n) is 14.0. The highest BCUT2D eigenvalue weighted by Crippen LogP contribution is 2.22. The summed E-state index contributed by atoms with van der Waals surface area (Å²) in [5.41, 5.74) is 2.28. The Kier molecular flexibility index (Phi) is 5.86. The van der Waals surface area contributed by atoms with E-state index in [0.29, 0.717) is 11.8 Å².